The Bertz CT molecular complexity index is 501. The number of benzene rings is 1. The molecule has 4 nitrogen and oxygen atoms in total. The molecule has 2 rings (SSSR count). The first-order valence-electron chi connectivity index (χ1n) is 6.52. The van der Waals surface area contributed by atoms with Crippen LogP contribution in [0.5, 0.6) is 0 Å². The van der Waals surface area contributed by atoms with Crippen LogP contribution in [0.1, 0.15) is 12.5 Å². The average molecular weight is 285 g/mol. The Labute approximate surface area is 116 Å². The molecule has 0 aliphatic carbocycles. The molecule has 0 amide bonds. The average Bonchev–Trinajstić information content (AvgIpc) is 2.43. The zero-order valence-corrected chi connectivity index (χ0v) is 11.2. The molecule has 1 unspecified atom stereocenters. The fraction of sp³-hybridized carbons (Fsp3) is 0.500. The van der Waals surface area contributed by atoms with Crippen LogP contribution < -0.4 is 4.90 Å². The highest BCUT2D eigenvalue weighted by molar-refractivity contribution is 5.70. The van der Waals surface area contributed by atoms with E-state index in [1.807, 2.05) is 4.90 Å². The van der Waals surface area contributed by atoms with Crippen LogP contribution in [0.4, 0.5) is 14.5 Å². The molecule has 0 bridgehead atoms. The van der Waals surface area contributed by atoms with Gasteiger partial charge in [0, 0.05) is 24.8 Å². The molecule has 6 heteroatoms. The van der Waals surface area contributed by atoms with Crippen molar-refractivity contribution in [1.29, 1.82) is 0 Å². The summed E-state index contributed by atoms with van der Waals surface area (Å²) in [6.45, 7) is 3.76. The number of morpholine rings is 1. The second-order valence-electron chi connectivity index (χ2n) is 4.94. The highest BCUT2D eigenvalue weighted by Gasteiger charge is 2.21. The zero-order chi connectivity index (χ0) is 14.7. The van der Waals surface area contributed by atoms with Crippen LogP contribution in [0, 0.1) is 17.6 Å². The van der Waals surface area contributed by atoms with E-state index in [0.717, 1.165) is 12.1 Å². The molecule has 0 saturated carbocycles. The maximum Gasteiger partial charge on any atom is 0.306 e. The molecule has 110 valence electrons. The molecule has 1 aromatic carbocycles. The third kappa shape index (κ3) is 3.25. The van der Waals surface area contributed by atoms with Gasteiger partial charge in [0.2, 0.25) is 0 Å². The minimum absolute atomic E-state index is 0.166. The number of ether oxygens (including phenoxy) is 1. The van der Waals surface area contributed by atoms with Gasteiger partial charge in [0.1, 0.15) is 0 Å². The molecule has 1 aliphatic rings. The van der Waals surface area contributed by atoms with Crippen molar-refractivity contribution in [3.8, 4) is 0 Å². The first-order valence-corrected chi connectivity index (χ1v) is 6.52. The highest BCUT2D eigenvalue weighted by atomic mass is 19.2. The number of aliphatic carboxylic acids is 1. The quantitative estimate of drug-likeness (QED) is 0.920. The molecule has 20 heavy (non-hydrogen) atoms. The number of carboxylic acids is 1. The lowest BCUT2D eigenvalue weighted by molar-refractivity contribution is -0.141. The predicted molar refractivity (Wildman–Crippen MR) is 69.9 cm³/mol. The van der Waals surface area contributed by atoms with Crippen LogP contribution >= 0.6 is 0 Å². The van der Waals surface area contributed by atoms with Gasteiger partial charge in [-0.1, -0.05) is 6.92 Å². The van der Waals surface area contributed by atoms with E-state index in [9.17, 15) is 13.6 Å². The summed E-state index contributed by atoms with van der Waals surface area (Å²) < 4.78 is 32.1. The van der Waals surface area contributed by atoms with Gasteiger partial charge in [0.05, 0.1) is 19.1 Å². The van der Waals surface area contributed by atoms with E-state index in [-0.39, 0.29) is 6.42 Å². The molecule has 1 aliphatic heterocycles. The molecule has 1 fully saturated rings. The van der Waals surface area contributed by atoms with Crippen LogP contribution in [-0.2, 0) is 16.0 Å². The van der Waals surface area contributed by atoms with Crippen molar-refractivity contribution in [2.75, 3.05) is 31.2 Å². The Kier molecular flexibility index (Phi) is 4.54. The van der Waals surface area contributed by atoms with E-state index in [0.29, 0.717) is 37.6 Å². The van der Waals surface area contributed by atoms with Crippen LogP contribution in [0.15, 0.2) is 12.1 Å². The van der Waals surface area contributed by atoms with Crippen LogP contribution in [0.25, 0.3) is 0 Å². The van der Waals surface area contributed by atoms with E-state index >= 15 is 0 Å². The smallest absolute Gasteiger partial charge is 0.306 e. The number of hydrogen-bond donors (Lipinski definition) is 1. The lowest BCUT2D eigenvalue weighted by Crippen LogP contribution is -2.37. The zero-order valence-electron chi connectivity index (χ0n) is 11.2. The number of hydrogen-bond acceptors (Lipinski definition) is 3. The lowest BCUT2D eigenvalue weighted by atomic mass is 9.98. The fourth-order valence-electron chi connectivity index (χ4n) is 2.26. The normalized spacial score (nSPS) is 17.1. The maximum atomic E-state index is 13.5. The number of carboxylic acid groups (broad SMARTS) is 1. The lowest BCUT2D eigenvalue weighted by Gasteiger charge is -2.31. The van der Waals surface area contributed by atoms with Gasteiger partial charge in [-0.15, -0.1) is 0 Å². The Morgan fingerprint density at radius 3 is 2.55 bits per heavy atom. The van der Waals surface area contributed by atoms with Crippen LogP contribution in [0.2, 0.25) is 0 Å². The number of carbonyl (C=O) groups is 1. The van der Waals surface area contributed by atoms with Gasteiger partial charge in [-0.25, -0.2) is 8.78 Å². The highest BCUT2D eigenvalue weighted by Crippen LogP contribution is 2.27. The summed E-state index contributed by atoms with van der Waals surface area (Å²) >= 11 is 0. The first kappa shape index (κ1) is 14.7. The van der Waals surface area contributed by atoms with Crippen molar-refractivity contribution >= 4 is 11.7 Å². The second-order valence-corrected chi connectivity index (χ2v) is 4.94. The SMILES string of the molecule is CC(Cc1cc(F)c(F)cc1N1CCOCC1)C(=O)O. The standard InChI is InChI=1S/C14H17F2NO3/c1-9(14(18)19)6-10-7-11(15)12(16)8-13(10)17-2-4-20-5-3-17/h7-9H,2-6H2,1H3,(H,18,19). The number of halogens is 2. The maximum absolute atomic E-state index is 13.5. The molecule has 1 saturated heterocycles. The largest absolute Gasteiger partial charge is 0.481 e. The fourth-order valence-corrected chi connectivity index (χ4v) is 2.26. The topological polar surface area (TPSA) is 49.8 Å². The Balaban J connectivity index is 2.32. The Morgan fingerprint density at radius 1 is 1.35 bits per heavy atom. The molecule has 1 atom stereocenters. The van der Waals surface area contributed by atoms with Gasteiger partial charge in [-0.2, -0.15) is 0 Å². The van der Waals surface area contributed by atoms with Gasteiger partial charge in [-0.05, 0) is 18.1 Å². The van der Waals surface area contributed by atoms with Crippen molar-refractivity contribution in [2.45, 2.75) is 13.3 Å². The summed E-state index contributed by atoms with van der Waals surface area (Å²) in [5.74, 6) is -3.48. The molecular weight excluding hydrogens is 268 g/mol. The minimum atomic E-state index is -0.956. The molecule has 1 aromatic rings. The third-order valence-corrected chi connectivity index (χ3v) is 3.42. The van der Waals surface area contributed by atoms with E-state index in [2.05, 4.69) is 0 Å². The Morgan fingerprint density at radius 2 is 1.95 bits per heavy atom. The monoisotopic (exact) mass is 285 g/mol. The van der Waals surface area contributed by atoms with E-state index in [1.165, 1.54) is 0 Å². The number of anilines is 1. The van der Waals surface area contributed by atoms with Gasteiger partial charge >= 0.3 is 5.97 Å². The summed E-state index contributed by atoms with van der Waals surface area (Å²) in [5.41, 5.74) is 1.07. The van der Waals surface area contributed by atoms with Gasteiger partial charge in [-0.3, -0.25) is 4.79 Å². The second kappa shape index (κ2) is 6.17. The number of rotatable bonds is 4. The van der Waals surface area contributed by atoms with Crippen molar-refractivity contribution in [2.24, 2.45) is 5.92 Å². The summed E-state index contributed by atoms with van der Waals surface area (Å²) in [6, 6.07) is 2.24. The van der Waals surface area contributed by atoms with Gasteiger partial charge in [0.15, 0.2) is 11.6 Å². The summed E-state index contributed by atoms with van der Waals surface area (Å²) in [7, 11) is 0. The molecular formula is C14H17F2NO3. The van der Waals surface area contributed by atoms with Crippen molar-refractivity contribution < 1.29 is 23.4 Å². The van der Waals surface area contributed by atoms with Gasteiger partial charge in [0.25, 0.3) is 0 Å². The first-order chi connectivity index (χ1) is 9.49. The molecule has 0 aromatic heterocycles. The molecule has 1 N–H and O–H groups in total. The van der Waals surface area contributed by atoms with E-state index in [1.54, 1.807) is 6.92 Å². The molecule has 0 spiro atoms. The predicted octanol–water partition coefficient (Wildman–Crippen LogP) is 2.06. The molecule has 0 radical (unpaired) electrons. The molecule has 1 heterocycles. The van der Waals surface area contributed by atoms with E-state index in [4.69, 9.17) is 9.84 Å². The third-order valence-electron chi connectivity index (χ3n) is 3.42. The minimum Gasteiger partial charge on any atom is -0.481 e. The van der Waals surface area contributed by atoms with Crippen molar-refractivity contribution in [3.05, 3.63) is 29.3 Å². The summed E-state index contributed by atoms with van der Waals surface area (Å²) in [4.78, 5) is 12.8. The van der Waals surface area contributed by atoms with Crippen molar-refractivity contribution in [3.63, 3.8) is 0 Å². The Hall–Kier alpha value is -1.69. The van der Waals surface area contributed by atoms with E-state index < -0.39 is 23.5 Å². The van der Waals surface area contributed by atoms with Gasteiger partial charge < -0.3 is 14.7 Å². The van der Waals surface area contributed by atoms with Crippen LogP contribution in [0.3, 0.4) is 0 Å². The summed E-state index contributed by atoms with van der Waals surface area (Å²) in [5, 5.41) is 8.97. The summed E-state index contributed by atoms with van der Waals surface area (Å²) in [6.07, 6.45) is 0.166. The van der Waals surface area contributed by atoms with Crippen molar-refractivity contribution in [1.82, 2.24) is 0 Å². The van der Waals surface area contributed by atoms with Crippen LogP contribution in [-0.4, -0.2) is 37.4 Å². The number of nitrogens with zero attached hydrogens (tertiary/aromatic N) is 1.